The van der Waals surface area contributed by atoms with Gasteiger partial charge in [-0.25, -0.2) is 12.7 Å². The largest absolute Gasteiger partial charge is 0.493 e. The van der Waals surface area contributed by atoms with Crippen molar-refractivity contribution in [2.75, 3.05) is 57.6 Å². The van der Waals surface area contributed by atoms with E-state index < -0.39 is 40.6 Å². The maximum absolute atomic E-state index is 13.3. The molecule has 2 aromatic rings. The van der Waals surface area contributed by atoms with Crippen LogP contribution in [0.1, 0.15) is 32.4 Å². The van der Waals surface area contributed by atoms with Gasteiger partial charge in [0.05, 0.1) is 25.2 Å². The van der Waals surface area contributed by atoms with Crippen LogP contribution in [0.2, 0.25) is 69.5 Å². The molecule has 0 unspecified atom stereocenters. The molecule has 52 heavy (non-hydrogen) atoms. The quantitative estimate of drug-likeness (QED) is 0.0595. The molecular formula is C36H63BrN2O9SSi3. The summed E-state index contributed by atoms with van der Waals surface area (Å²) >= 11 is 3.42. The molecule has 0 heterocycles. The first-order valence-corrected chi connectivity index (χ1v) is 30.7. The topological polar surface area (TPSA) is 122 Å². The molecule has 0 saturated carbocycles. The molecule has 0 fully saturated rings. The van der Waals surface area contributed by atoms with Crippen LogP contribution in [-0.4, -0.2) is 92.0 Å². The first-order chi connectivity index (χ1) is 24.3. The maximum Gasteiger partial charge on any atom is 0.258 e. The van der Waals surface area contributed by atoms with Crippen LogP contribution in [0.5, 0.6) is 17.2 Å². The van der Waals surface area contributed by atoms with Crippen LogP contribution in [0.3, 0.4) is 0 Å². The molecule has 0 spiro atoms. The van der Waals surface area contributed by atoms with Crippen molar-refractivity contribution in [3.05, 3.63) is 46.4 Å². The van der Waals surface area contributed by atoms with Crippen LogP contribution in [-0.2, 0) is 28.7 Å². The summed E-state index contributed by atoms with van der Waals surface area (Å²) in [7, 11) is -7.18. The lowest BCUT2D eigenvalue weighted by Gasteiger charge is -2.34. The van der Waals surface area contributed by atoms with Gasteiger partial charge in [-0.3, -0.25) is 4.79 Å². The minimum Gasteiger partial charge on any atom is -0.493 e. The van der Waals surface area contributed by atoms with Crippen molar-refractivity contribution in [1.29, 1.82) is 0 Å². The molecule has 0 aliphatic heterocycles. The Labute approximate surface area is 324 Å². The Morgan fingerprint density at radius 1 is 0.846 bits per heavy atom. The summed E-state index contributed by atoms with van der Waals surface area (Å²) in [5.74, 6) is 0.963. The molecule has 0 bridgehead atoms. The van der Waals surface area contributed by atoms with Gasteiger partial charge in [0.25, 0.3) is 5.91 Å². The second-order valence-corrected chi connectivity index (χ2v) is 34.2. The van der Waals surface area contributed by atoms with Crippen LogP contribution < -0.4 is 23.8 Å². The van der Waals surface area contributed by atoms with Gasteiger partial charge in [-0.1, -0.05) is 82.0 Å². The number of rotatable bonds is 25. The zero-order chi connectivity index (χ0) is 39.2. The highest BCUT2D eigenvalue weighted by Gasteiger charge is 2.34. The summed E-state index contributed by atoms with van der Waals surface area (Å²) in [6, 6.07) is 15.2. The van der Waals surface area contributed by atoms with Crippen LogP contribution in [0, 0.1) is 0 Å². The van der Waals surface area contributed by atoms with Gasteiger partial charge in [-0.2, -0.15) is 0 Å². The van der Waals surface area contributed by atoms with Gasteiger partial charge in [0, 0.05) is 40.4 Å². The fourth-order valence-electron chi connectivity index (χ4n) is 5.15. The van der Waals surface area contributed by atoms with E-state index in [-0.39, 0.29) is 32.6 Å². The summed E-state index contributed by atoms with van der Waals surface area (Å²) in [5, 5.41) is 2.99. The summed E-state index contributed by atoms with van der Waals surface area (Å²) in [6.45, 7) is 20.7. The molecule has 1 atom stereocenters. The third-order valence-corrected chi connectivity index (χ3v) is 18.5. The monoisotopic (exact) mass is 862 g/mol. The van der Waals surface area contributed by atoms with Gasteiger partial charge in [-0.05, 0) is 66.1 Å². The Balaban J connectivity index is 2.47. The Bertz CT molecular complexity index is 1510. The molecule has 0 aliphatic carbocycles. The Morgan fingerprint density at radius 2 is 1.44 bits per heavy atom. The lowest BCUT2D eigenvalue weighted by Crippen LogP contribution is -2.41. The number of ether oxygens (including phenoxy) is 5. The minimum atomic E-state index is -3.80. The molecule has 1 amide bonds. The van der Waals surface area contributed by atoms with Crippen LogP contribution >= 0.6 is 15.9 Å². The Morgan fingerprint density at radius 3 is 2.00 bits per heavy atom. The van der Waals surface area contributed by atoms with Crippen LogP contribution in [0.15, 0.2) is 40.9 Å². The first kappa shape index (κ1) is 46.2. The SMILES string of the molecule is CC[Si](CC)(CC)O[C@@H](CNC(=O)COc1ccc(Br)cc1OC)c1ccc(OCOCC[Si](C)(C)C)c(N(COCC[Si](C)(C)C)S(C)(=O)=O)c1. The molecule has 11 nitrogen and oxygen atoms in total. The smallest absolute Gasteiger partial charge is 0.258 e. The fraction of sp³-hybridized carbons (Fsp3) is 0.639. The molecule has 2 aromatic carbocycles. The van der Waals surface area contributed by atoms with Gasteiger partial charge in [0.15, 0.2) is 33.2 Å². The molecule has 0 aliphatic rings. The molecule has 0 saturated heterocycles. The van der Waals surface area contributed by atoms with Gasteiger partial charge in [0.1, 0.15) is 12.5 Å². The van der Waals surface area contributed by atoms with E-state index in [1.165, 1.54) is 4.31 Å². The average Bonchev–Trinajstić information content (AvgIpc) is 3.06. The zero-order valence-corrected chi connectivity index (χ0v) is 38.6. The van der Waals surface area contributed by atoms with E-state index in [0.717, 1.165) is 40.9 Å². The number of carbonyl (C=O) groups is 1. The second kappa shape index (κ2) is 21.2. The minimum absolute atomic E-state index is 0.0262. The van der Waals surface area contributed by atoms with Crippen molar-refractivity contribution in [3.63, 3.8) is 0 Å². The van der Waals surface area contributed by atoms with Crippen molar-refractivity contribution in [1.82, 2.24) is 5.32 Å². The lowest BCUT2D eigenvalue weighted by molar-refractivity contribution is -0.123. The van der Waals surface area contributed by atoms with E-state index in [4.69, 9.17) is 28.1 Å². The van der Waals surface area contributed by atoms with Crippen molar-refractivity contribution in [2.24, 2.45) is 0 Å². The van der Waals surface area contributed by atoms with Crippen molar-refractivity contribution >= 4 is 62.0 Å². The molecule has 0 radical (unpaired) electrons. The third kappa shape index (κ3) is 16.2. The van der Waals surface area contributed by atoms with Crippen molar-refractivity contribution in [2.45, 2.75) is 96.4 Å². The molecule has 0 aromatic heterocycles. The van der Waals surface area contributed by atoms with Gasteiger partial charge in [0.2, 0.25) is 10.0 Å². The normalized spacial score (nSPS) is 13.1. The highest BCUT2D eigenvalue weighted by atomic mass is 79.9. The van der Waals surface area contributed by atoms with Gasteiger partial charge >= 0.3 is 0 Å². The van der Waals surface area contributed by atoms with Crippen molar-refractivity contribution < 1.29 is 41.3 Å². The highest BCUT2D eigenvalue weighted by molar-refractivity contribution is 9.10. The zero-order valence-electron chi connectivity index (χ0n) is 33.2. The van der Waals surface area contributed by atoms with Gasteiger partial charge in [-0.15, -0.1) is 0 Å². The predicted octanol–water partition coefficient (Wildman–Crippen LogP) is 8.49. The average molecular weight is 864 g/mol. The molecular weight excluding hydrogens is 801 g/mol. The highest BCUT2D eigenvalue weighted by Crippen LogP contribution is 2.37. The molecule has 2 rings (SSSR count). The van der Waals surface area contributed by atoms with Crippen molar-refractivity contribution in [3.8, 4) is 17.2 Å². The second-order valence-electron chi connectivity index (χ2n) is 15.4. The number of halogens is 1. The summed E-state index contributed by atoms with van der Waals surface area (Å²) in [5.41, 5.74) is 1.03. The summed E-state index contributed by atoms with van der Waals surface area (Å²) in [4.78, 5) is 13.1. The number of nitrogens with zero attached hydrogens (tertiary/aromatic N) is 1. The Hall–Kier alpha value is -1.93. The molecule has 1 N–H and O–H groups in total. The van der Waals surface area contributed by atoms with Crippen LogP contribution in [0.4, 0.5) is 5.69 Å². The number of carbonyl (C=O) groups excluding carboxylic acids is 1. The Kier molecular flexibility index (Phi) is 18.9. The van der Waals surface area contributed by atoms with E-state index in [0.29, 0.717) is 41.7 Å². The summed E-state index contributed by atoms with van der Waals surface area (Å²) in [6.07, 6.45) is 0.598. The van der Waals surface area contributed by atoms with E-state index >= 15 is 0 Å². The summed E-state index contributed by atoms with van der Waals surface area (Å²) < 4.78 is 64.8. The lowest BCUT2D eigenvalue weighted by atomic mass is 10.1. The maximum atomic E-state index is 13.3. The molecule has 296 valence electrons. The van der Waals surface area contributed by atoms with E-state index in [1.807, 2.05) is 12.1 Å². The van der Waals surface area contributed by atoms with E-state index in [1.54, 1.807) is 31.4 Å². The number of methoxy groups -OCH3 is 1. The number of hydrogen-bond donors (Lipinski definition) is 1. The first-order valence-electron chi connectivity index (χ1n) is 18.1. The van der Waals surface area contributed by atoms with E-state index in [9.17, 15) is 13.2 Å². The predicted molar refractivity (Wildman–Crippen MR) is 223 cm³/mol. The standard InChI is InChI=1S/C36H63BrN2O9SSi3/c1-12-52(13-2,14-3)48-35(25-38-36(40)26-46-33-18-16-30(37)24-34(33)43-4)29-15-17-32(47-28-45-20-22-51(9,10)11)31(23-29)39(49(5,41)42)27-44-19-21-50(6,7)8/h15-18,23-24,35H,12-14,19-22,25-28H2,1-11H3,(H,38,40)/t35-/m0/s1. The fourth-order valence-corrected chi connectivity index (χ4v) is 10.6. The number of sulfonamides is 1. The van der Waals surface area contributed by atoms with Gasteiger partial charge < -0.3 is 33.4 Å². The number of hydrogen-bond acceptors (Lipinski definition) is 9. The number of nitrogens with one attached hydrogen (secondary N) is 1. The van der Waals surface area contributed by atoms with Crippen LogP contribution in [0.25, 0.3) is 0 Å². The third-order valence-electron chi connectivity index (χ3n) is 8.82. The van der Waals surface area contributed by atoms with E-state index in [2.05, 4.69) is 81.3 Å². The molecule has 16 heteroatoms. The number of amides is 1. The number of anilines is 1. The number of benzene rings is 2.